The number of aliphatic hydroxyl groups excluding tert-OH is 1. The number of carbonyl (C=O) groups is 3. The van der Waals surface area contributed by atoms with Crippen molar-refractivity contribution in [3.63, 3.8) is 0 Å². The zero-order valence-electron chi connectivity index (χ0n) is 36.2. The minimum absolute atomic E-state index is 0.0633. The van der Waals surface area contributed by atoms with Gasteiger partial charge >= 0.3 is 5.97 Å². The van der Waals surface area contributed by atoms with E-state index >= 15 is 0 Å². The number of rotatable bonds is 13. The van der Waals surface area contributed by atoms with Crippen LogP contribution in [0, 0.1) is 11.8 Å². The smallest absolute Gasteiger partial charge is 0.313 e. The average molecular weight is 816 g/mol. The van der Waals surface area contributed by atoms with Gasteiger partial charge in [0.25, 0.3) is 0 Å². The van der Waals surface area contributed by atoms with E-state index < -0.39 is 72.0 Å². The first-order valence-corrected chi connectivity index (χ1v) is 20.7. The number of hydrogen-bond donors (Lipinski definition) is 4. The van der Waals surface area contributed by atoms with Gasteiger partial charge in [-0.25, -0.2) is 0 Å². The largest absolute Gasteiger partial charge is 0.459 e. The van der Waals surface area contributed by atoms with E-state index in [0.29, 0.717) is 56.7 Å². The number of aryl methyl sites for hydroxylation is 1. The maximum Gasteiger partial charge on any atom is 0.313 e. The Labute approximate surface area is 344 Å². The van der Waals surface area contributed by atoms with Crippen LogP contribution in [0.15, 0.2) is 30.5 Å². The number of benzene rings is 1. The number of hydrogen-bond acceptors (Lipinski definition) is 14. The maximum absolute atomic E-state index is 14.0. The summed E-state index contributed by atoms with van der Waals surface area (Å²) in [5.41, 5.74) is 5.38. The Morgan fingerprint density at radius 3 is 2.52 bits per heavy atom. The van der Waals surface area contributed by atoms with Gasteiger partial charge in [0, 0.05) is 49.5 Å². The number of ether oxygens (including phenoxy) is 4. The third kappa shape index (κ3) is 11.6. The van der Waals surface area contributed by atoms with E-state index in [1.165, 1.54) is 0 Å². The summed E-state index contributed by atoms with van der Waals surface area (Å²) in [6.07, 6.45) is 0.275. The molecular formula is C42H69N7O9. The standard InChI is InChI=1S/C42H69N7O9/c1-11-35-42(7,54)38(48(25-50)17-12-13-18-49-24-32(45-46-49)30-15-14-16-31(43)20-30)29(5)44-23-26(2)22-41(6,55-10)39(28(4)34(51)21-36(52)57-35)58-40-37(53)33(47(8)9)19-27(3)56-40/h14-16,20,24-29,33,35,37-40,44,53-54H,11-13,17-19,21-23,43H2,1-10H3/t26-,27-,28+,29-,33?,35-,37?,38-,39-,40+,41-,42-/m1/s1. The molecule has 5 N–H and O–H groups in total. The summed E-state index contributed by atoms with van der Waals surface area (Å²) in [4.78, 5) is 44.0. The predicted octanol–water partition coefficient (Wildman–Crippen LogP) is 3.04. The quantitative estimate of drug-likeness (QED) is 0.0755. The third-order valence-corrected chi connectivity index (χ3v) is 12.1. The van der Waals surface area contributed by atoms with Crippen molar-refractivity contribution < 1.29 is 43.5 Å². The fraction of sp³-hybridized carbons (Fsp3) is 0.738. The Bertz CT molecular complexity index is 1640. The summed E-state index contributed by atoms with van der Waals surface area (Å²) >= 11 is 0. The van der Waals surface area contributed by atoms with Gasteiger partial charge in [-0.2, -0.15) is 0 Å². The second kappa shape index (κ2) is 20.6. The summed E-state index contributed by atoms with van der Waals surface area (Å²) in [5, 5.41) is 35.8. The molecule has 2 aliphatic heterocycles. The zero-order valence-corrected chi connectivity index (χ0v) is 36.2. The Kier molecular flexibility index (Phi) is 16.8. The number of anilines is 1. The molecule has 0 spiro atoms. The SMILES string of the molecule is CC[C@H]1OC(=O)CC(=O)[C@H](C)[C@@H](O[C@@H]2O[C@H](C)CC(N(C)C)C2O)[C@](C)(OC)C[C@@H](C)CN[C@H](C)[C@@H](N(C=O)CCCCn2cc(-c3cccc(N)c3)nn2)[C@]1(C)O. The zero-order chi connectivity index (χ0) is 42.9. The molecule has 4 rings (SSSR count). The molecule has 2 saturated heterocycles. The topological polar surface area (TPSA) is 204 Å². The lowest BCUT2D eigenvalue weighted by Crippen LogP contribution is -2.65. The van der Waals surface area contributed by atoms with Gasteiger partial charge in [-0.1, -0.05) is 38.1 Å². The Balaban J connectivity index is 1.56. The number of nitrogen functional groups attached to an aromatic ring is 1. The first-order valence-electron chi connectivity index (χ1n) is 20.7. The van der Waals surface area contributed by atoms with Crippen LogP contribution in [0.4, 0.5) is 5.69 Å². The molecule has 3 heterocycles. The van der Waals surface area contributed by atoms with Crippen LogP contribution in [0.3, 0.4) is 0 Å². The van der Waals surface area contributed by atoms with Gasteiger partial charge < -0.3 is 50.0 Å². The van der Waals surface area contributed by atoms with Gasteiger partial charge in [-0.15, -0.1) is 5.10 Å². The molecule has 0 saturated carbocycles. The predicted molar refractivity (Wildman–Crippen MR) is 219 cm³/mol. The van der Waals surface area contributed by atoms with Crippen LogP contribution in [-0.4, -0.2) is 147 Å². The van der Waals surface area contributed by atoms with E-state index in [-0.39, 0.29) is 24.5 Å². The van der Waals surface area contributed by atoms with Crippen molar-refractivity contribution >= 4 is 23.9 Å². The fourth-order valence-electron chi connectivity index (χ4n) is 8.84. The summed E-state index contributed by atoms with van der Waals surface area (Å²) in [7, 11) is 5.34. The molecular weight excluding hydrogens is 747 g/mol. The van der Waals surface area contributed by atoms with Crippen LogP contribution < -0.4 is 11.1 Å². The minimum atomic E-state index is -1.71. The van der Waals surface area contributed by atoms with E-state index in [4.69, 9.17) is 24.7 Å². The molecule has 1 aromatic carbocycles. The number of Topliss-reactive ketones (excluding diaryl/α,β-unsaturated/α-hetero) is 1. The van der Waals surface area contributed by atoms with Crippen LogP contribution in [0.5, 0.6) is 0 Å². The number of amides is 1. The molecule has 0 radical (unpaired) electrons. The second-order valence-electron chi connectivity index (χ2n) is 17.2. The number of aromatic nitrogens is 3. The van der Waals surface area contributed by atoms with Crippen LogP contribution >= 0.6 is 0 Å². The van der Waals surface area contributed by atoms with Gasteiger partial charge in [-0.3, -0.25) is 19.1 Å². The highest BCUT2D eigenvalue weighted by atomic mass is 16.7. The minimum Gasteiger partial charge on any atom is -0.459 e. The van der Waals surface area contributed by atoms with Crippen molar-refractivity contribution in [3.05, 3.63) is 30.5 Å². The molecule has 2 unspecified atom stereocenters. The number of methoxy groups -OCH3 is 1. The number of unbranched alkanes of at least 4 members (excludes halogenated alkanes) is 1. The molecule has 2 aromatic rings. The second-order valence-corrected chi connectivity index (χ2v) is 17.2. The van der Waals surface area contributed by atoms with Crippen LogP contribution in [0.1, 0.15) is 87.0 Å². The fourth-order valence-corrected chi connectivity index (χ4v) is 8.84. The van der Waals surface area contributed by atoms with E-state index in [9.17, 15) is 24.6 Å². The highest BCUT2D eigenvalue weighted by Crippen LogP contribution is 2.36. The third-order valence-electron chi connectivity index (χ3n) is 12.1. The lowest BCUT2D eigenvalue weighted by atomic mass is 9.80. The van der Waals surface area contributed by atoms with Crippen LogP contribution in [0.2, 0.25) is 0 Å². The highest BCUT2D eigenvalue weighted by molar-refractivity contribution is 5.97. The first kappa shape index (κ1) is 47.2. The summed E-state index contributed by atoms with van der Waals surface area (Å²) in [6, 6.07) is 5.91. The van der Waals surface area contributed by atoms with Crippen molar-refractivity contribution in [1.82, 2.24) is 30.1 Å². The number of cyclic esters (lactones) is 1. The Morgan fingerprint density at radius 1 is 1.16 bits per heavy atom. The molecule has 2 aliphatic rings. The monoisotopic (exact) mass is 816 g/mol. The van der Waals surface area contributed by atoms with Crippen molar-refractivity contribution in [2.75, 3.05) is 40.0 Å². The van der Waals surface area contributed by atoms with E-state index in [2.05, 4.69) is 15.6 Å². The van der Waals surface area contributed by atoms with E-state index in [1.807, 2.05) is 77.2 Å². The Hall–Kier alpha value is -3.51. The first-order chi connectivity index (χ1) is 27.3. The van der Waals surface area contributed by atoms with Crippen molar-refractivity contribution in [2.45, 2.75) is 154 Å². The lowest BCUT2D eigenvalue weighted by Gasteiger charge is -2.46. The number of nitrogens with zero attached hydrogens (tertiary/aromatic N) is 5. The molecule has 0 aliphatic carbocycles. The maximum atomic E-state index is 14.0. The molecule has 1 aromatic heterocycles. The van der Waals surface area contributed by atoms with Crippen molar-refractivity contribution in [2.24, 2.45) is 11.8 Å². The molecule has 58 heavy (non-hydrogen) atoms. The summed E-state index contributed by atoms with van der Waals surface area (Å²) in [5.74, 6) is -2.18. The normalized spacial score (nSPS) is 34.6. The molecule has 1 amide bonds. The van der Waals surface area contributed by atoms with Crippen LogP contribution in [-0.2, 0) is 39.9 Å². The number of ketones is 1. The lowest BCUT2D eigenvalue weighted by molar-refractivity contribution is -0.295. The number of nitrogens with two attached hydrogens (primary N) is 1. The summed E-state index contributed by atoms with van der Waals surface area (Å²) < 4.78 is 26.6. The molecule has 0 bridgehead atoms. The highest BCUT2D eigenvalue weighted by Gasteiger charge is 2.50. The molecule has 326 valence electrons. The molecule has 2 fully saturated rings. The van der Waals surface area contributed by atoms with E-state index in [0.717, 1.165) is 12.0 Å². The van der Waals surface area contributed by atoms with Gasteiger partial charge in [0.2, 0.25) is 6.41 Å². The van der Waals surface area contributed by atoms with Crippen LogP contribution in [0.25, 0.3) is 11.3 Å². The average Bonchev–Trinajstić information content (AvgIpc) is 3.65. The van der Waals surface area contributed by atoms with Gasteiger partial charge in [0.15, 0.2) is 6.29 Å². The van der Waals surface area contributed by atoms with E-state index in [1.54, 1.807) is 37.5 Å². The number of likely N-dealkylation sites (N-methyl/N-ethyl adjacent to an activating group) is 1. The number of nitrogens with one attached hydrogen (secondary N) is 1. The summed E-state index contributed by atoms with van der Waals surface area (Å²) in [6.45, 7) is 14.1. The number of carbonyl (C=O) groups excluding carboxylic acids is 3. The molecule has 16 heteroatoms. The molecule has 12 atom stereocenters. The van der Waals surface area contributed by atoms with Gasteiger partial charge in [-0.05, 0) is 98.5 Å². The van der Waals surface area contributed by atoms with Gasteiger partial charge in [0.05, 0.1) is 30.0 Å². The number of aliphatic hydroxyl groups is 2. The number of esters is 1. The Morgan fingerprint density at radius 2 is 1.88 bits per heavy atom. The van der Waals surface area contributed by atoms with Crippen molar-refractivity contribution in [3.8, 4) is 11.3 Å². The van der Waals surface area contributed by atoms with Gasteiger partial charge in [0.1, 0.15) is 35.7 Å². The van der Waals surface area contributed by atoms with Crippen molar-refractivity contribution in [1.29, 1.82) is 0 Å². The molecule has 16 nitrogen and oxygen atoms in total.